The summed E-state index contributed by atoms with van der Waals surface area (Å²) in [6.07, 6.45) is 4.39. The number of hydrogen-bond donors (Lipinski definition) is 2. The van der Waals surface area contributed by atoms with Gasteiger partial charge in [-0.15, -0.1) is 0 Å². The van der Waals surface area contributed by atoms with Gasteiger partial charge < -0.3 is 19.7 Å². The molecule has 1 aromatic heterocycles. The highest BCUT2D eigenvalue weighted by atomic mass is 35.5. The molecular weight excluding hydrogens is 724 g/mol. The topological polar surface area (TPSA) is 171 Å². The van der Waals surface area contributed by atoms with Gasteiger partial charge in [0.15, 0.2) is 0 Å². The first-order valence-corrected chi connectivity index (χ1v) is 18.9. The number of fused-ring (bicyclic) bond motifs is 1. The van der Waals surface area contributed by atoms with Crippen LogP contribution in [0.5, 0.6) is 11.5 Å². The molecule has 5 amide bonds. The number of pyridine rings is 1. The van der Waals surface area contributed by atoms with Gasteiger partial charge in [0.25, 0.3) is 17.7 Å². The number of nitriles is 1. The van der Waals surface area contributed by atoms with Gasteiger partial charge in [-0.1, -0.05) is 39.3 Å². The third kappa shape index (κ3) is 7.11. The second-order valence-electron chi connectivity index (χ2n) is 16.0. The molecule has 3 aliphatic heterocycles. The molecule has 1 aliphatic carbocycles. The summed E-state index contributed by atoms with van der Waals surface area (Å²) >= 11 is 6.22. The monoisotopic (exact) mass is 766 g/mol. The van der Waals surface area contributed by atoms with Crippen molar-refractivity contribution in [1.29, 1.82) is 5.26 Å². The lowest BCUT2D eigenvalue weighted by Crippen LogP contribution is -2.74. The quantitative estimate of drug-likeness (QED) is 0.182. The normalized spacial score (nSPS) is 22.6. The molecule has 13 nitrogen and oxygen atoms in total. The van der Waals surface area contributed by atoms with E-state index in [-0.39, 0.29) is 52.9 Å². The first kappa shape index (κ1) is 37.8. The lowest BCUT2D eigenvalue weighted by atomic mass is 9.49. The number of ether oxygens (including phenoxy) is 2. The first-order chi connectivity index (χ1) is 26.2. The Hall–Kier alpha value is -5.48. The van der Waals surface area contributed by atoms with Crippen LogP contribution in [-0.2, 0) is 9.59 Å². The number of carbonyl (C=O) groups is 5. The lowest BCUT2D eigenvalue weighted by Gasteiger charge is -2.63. The van der Waals surface area contributed by atoms with Crippen molar-refractivity contribution in [3.05, 3.63) is 82.0 Å². The zero-order valence-corrected chi connectivity index (χ0v) is 31.9. The predicted molar refractivity (Wildman–Crippen MR) is 202 cm³/mol. The van der Waals surface area contributed by atoms with E-state index in [0.717, 1.165) is 43.1 Å². The fraction of sp³-hybridized carbons (Fsp3) is 0.439. The van der Waals surface area contributed by atoms with Crippen LogP contribution in [-0.4, -0.2) is 77.3 Å². The molecule has 4 aliphatic rings. The van der Waals surface area contributed by atoms with E-state index in [1.54, 1.807) is 42.6 Å². The van der Waals surface area contributed by atoms with Crippen LogP contribution in [0.3, 0.4) is 0 Å². The van der Waals surface area contributed by atoms with Gasteiger partial charge in [-0.2, -0.15) is 5.26 Å². The second kappa shape index (κ2) is 14.6. The van der Waals surface area contributed by atoms with Crippen LogP contribution in [0.4, 0.5) is 5.82 Å². The molecule has 55 heavy (non-hydrogen) atoms. The second-order valence-corrected chi connectivity index (χ2v) is 16.4. The molecule has 14 heteroatoms. The molecule has 1 atom stereocenters. The van der Waals surface area contributed by atoms with Gasteiger partial charge in [-0.05, 0) is 74.1 Å². The van der Waals surface area contributed by atoms with Crippen molar-refractivity contribution in [2.75, 3.05) is 24.6 Å². The van der Waals surface area contributed by atoms with E-state index in [2.05, 4.69) is 54.3 Å². The number of hydrogen-bond acceptors (Lipinski definition) is 10. The first-order valence-electron chi connectivity index (χ1n) is 18.6. The minimum Gasteiger partial charge on any atom is -0.494 e. The highest BCUT2D eigenvalue weighted by molar-refractivity contribution is 6.31. The third-order valence-corrected chi connectivity index (χ3v) is 11.7. The van der Waals surface area contributed by atoms with Gasteiger partial charge in [-0.25, -0.2) is 4.98 Å². The Morgan fingerprint density at radius 3 is 2.38 bits per heavy atom. The summed E-state index contributed by atoms with van der Waals surface area (Å²) < 4.78 is 12.2. The van der Waals surface area contributed by atoms with E-state index >= 15 is 0 Å². The van der Waals surface area contributed by atoms with E-state index in [9.17, 15) is 29.2 Å². The minimum atomic E-state index is -1.00. The summed E-state index contributed by atoms with van der Waals surface area (Å²) in [6.45, 7) is 10.5. The van der Waals surface area contributed by atoms with Gasteiger partial charge >= 0.3 is 0 Å². The number of aromatic nitrogens is 1. The van der Waals surface area contributed by atoms with Crippen LogP contribution < -0.4 is 25.0 Å². The molecule has 2 aromatic carbocycles. The minimum absolute atomic E-state index is 0.0689. The number of nitrogens with zero attached hydrogens (tertiary/aromatic N) is 4. The Balaban J connectivity index is 0.827. The smallest absolute Gasteiger partial charge is 0.262 e. The number of halogens is 1. The Morgan fingerprint density at radius 1 is 0.982 bits per heavy atom. The molecule has 1 unspecified atom stereocenters. The number of amides is 5. The number of anilines is 1. The van der Waals surface area contributed by atoms with Crippen LogP contribution in [0.15, 0.2) is 54.7 Å². The van der Waals surface area contributed by atoms with Crippen molar-refractivity contribution in [3.8, 4) is 17.6 Å². The van der Waals surface area contributed by atoms with Crippen LogP contribution >= 0.6 is 11.6 Å². The summed E-state index contributed by atoms with van der Waals surface area (Å²) in [5.74, 6) is 0.0615. The Bertz CT molecular complexity index is 2090. The number of carbonyl (C=O) groups excluding carboxylic acids is 5. The fourth-order valence-electron chi connectivity index (χ4n) is 8.72. The van der Waals surface area contributed by atoms with E-state index in [1.165, 1.54) is 0 Å². The molecular formula is C41H43ClN6O7. The zero-order chi connectivity index (χ0) is 39.2. The van der Waals surface area contributed by atoms with E-state index in [0.29, 0.717) is 40.2 Å². The molecule has 0 spiro atoms. The van der Waals surface area contributed by atoms with Crippen molar-refractivity contribution < 1.29 is 33.4 Å². The highest BCUT2D eigenvalue weighted by Crippen LogP contribution is 2.55. The summed E-state index contributed by atoms with van der Waals surface area (Å²) in [5, 5.41) is 14.9. The number of piperidine rings is 1. The zero-order valence-electron chi connectivity index (χ0n) is 31.2. The summed E-state index contributed by atoms with van der Waals surface area (Å²) in [7, 11) is 0. The molecule has 286 valence electrons. The van der Waals surface area contributed by atoms with Crippen molar-refractivity contribution in [1.82, 2.24) is 20.5 Å². The van der Waals surface area contributed by atoms with Crippen molar-refractivity contribution in [2.24, 2.45) is 16.7 Å². The van der Waals surface area contributed by atoms with Crippen LogP contribution in [0.1, 0.15) is 96.4 Å². The number of unbranched alkanes of at least 4 members (excludes halogenated alkanes) is 1. The Labute approximate surface area is 324 Å². The fourth-order valence-corrected chi connectivity index (χ4v) is 8.93. The van der Waals surface area contributed by atoms with Crippen molar-refractivity contribution in [3.63, 3.8) is 0 Å². The van der Waals surface area contributed by atoms with Crippen LogP contribution in [0.25, 0.3) is 0 Å². The van der Waals surface area contributed by atoms with Gasteiger partial charge in [0.2, 0.25) is 11.8 Å². The van der Waals surface area contributed by atoms with Gasteiger partial charge in [0.05, 0.1) is 33.9 Å². The largest absolute Gasteiger partial charge is 0.494 e. The molecule has 2 saturated heterocycles. The molecule has 2 N–H and O–H groups in total. The average molecular weight is 767 g/mol. The van der Waals surface area contributed by atoms with E-state index in [1.807, 2.05) is 12.1 Å². The summed E-state index contributed by atoms with van der Waals surface area (Å²) in [4.78, 5) is 70.9. The average Bonchev–Trinajstić information content (AvgIpc) is 3.38. The highest BCUT2D eigenvalue weighted by Gasteiger charge is 2.64. The third-order valence-electron chi connectivity index (χ3n) is 11.4. The molecule has 0 bridgehead atoms. The molecule has 3 fully saturated rings. The van der Waals surface area contributed by atoms with Gasteiger partial charge in [-0.3, -0.25) is 34.2 Å². The SMILES string of the molecule is CC1(C)C(NC(=O)c2ccc(N3CC(CCCCOc4ccc5c(c4)C(=O)N(C4CCC(=O)NC4=O)C5=O)C3)nc2)C(C)(C)C1Oc1ccc(C#N)c(Cl)c1. The number of imide groups is 2. The van der Waals surface area contributed by atoms with Gasteiger partial charge in [0.1, 0.15) is 35.5 Å². The molecule has 1 saturated carbocycles. The van der Waals surface area contributed by atoms with E-state index in [4.69, 9.17) is 21.1 Å². The van der Waals surface area contributed by atoms with Gasteiger partial charge in [0, 0.05) is 48.6 Å². The maximum atomic E-state index is 13.3. The molecule has 7 rings (SSSR count). The predicted octanol–water partition coefficient (Wildman–Crippen LogP) is 5.31. The number of nitrogens with one attached hydrogen (secondary N) is 2. The molecule has 0 radical (unpaired) electrons. The van der Waals surface area contributed by atoms with Crippen molar-refractivity contribution in [2.45, 2.75) is 78.0 Å². The molecule has 4 heterocycles. The maximum Gasteiger partial charge on any atom is 0.262 e. The Kier molecular flexibility index (Phi) is 10.1. The summed E-state index contributed by atoms with van der Waals surface area (Å²) in [6, 6.07) is 14.4. The maximum absolute atomic E-state index is 13.3. The van der Waals surface area contributed by atoms with Crippen LogP contribution in [0, 0.1) is 28.1 Å². The number of rotatable bonds is 12. The Morgan fingerprint density at radius 2 is 1.71 bits per heavy atom. The lowest BCUT2D eigenvalue weighted by molar-refractivity contribution is -0.164. The van der Waals surface area contributed by atoms with E-state index < -0.39 is 29.7 Å². The number of benzene rings is 2. The molecule has 3 aromatic rings. The van der Waals surface area contributed by atoms with Crippen molar-refractivity contribution >= 4 is 47.0 Å². The van der Waals surface area contributed by atoms with Crippen LogP contribution in [0.2, 0.25) is 5.02 Å². The standard InChI is InChI=1S/C41H43ClN6O7/c1-40(2)38(41(3,4)39(40)55-27-10-8-24(19-43)30(42)18-27)46-34(50)25-9-14-32(44-20-25)47-21-23(22-47)7-5-6-16-54-26-11-12-28-29(17-26)37(53)48(36(28)52)31-13-15-33(49)45-35(31)51/h8-12,14,17-18,20,23,31,38-39H,5-7,13,15-16,21-22H2,1-4H3,(H,46,50)(H,45,49,51). The summed E-state index contributed by atoms with van der Waals surface area (Å²) in [5.41, 5.74) is 0.541.